The van der Waals surface area contributed by atoms with Gasteiger partial charge >= 0.3 is 6.09 Å². The van der Waals surface area contributed by atoms with Gasteiger partial charge < -0.3 is 19.7 Å². The highest BCUT2D eigenvalue weighted by Crippen LogP contribution is 2.39. The molecule has 2 atom stereocenters. The molecule has 194 valence electrons. The number of hydrogen-bond acceptors (Lipinski definition) is 5. The van der Waals surface area contributed by atoms with Gasteiger partial charge in [0.2, 0.25) is 0 Å². The number of aromatic nitrogens is 2. The number of nitrogens with zero attached hydrogens (tertiary/aromatic N) is 3. The van der Waals surface area contributed by atoms with E-state index in [0.717, 1.165) is 11.6 Å². The van der Waals surface area contributed by atoms with Crippen LogP contribution in [0.4, 0.5) is 13.6 Å². The lowest BCUT2D eigenvalue weighted by Gasteiger charge is -2.33. The molecule has 1 saturated heterocycles. The molecule has 3 heterocycles. The Morgan fingerprint density at radius 2 is 1.95 bits per heavy atom. The van der Waals surface area contributed by atoms with Crippen LogP contribution in [0.25, 0.3) is 11.3 Å². The van der Waals surface area contributed by atoms with Crippen LogP contribution in [0.15, 0.2) is 30.3 Å². The minimum Gasteiger partial charge on any atom is -0.488 e. The molecule has 37 heavy (non-hydrogen) atoms. The van der Waals surface area contributed by atoms with Gasteiger partial charge in [-0.3, -0.25) is 9.48 Å². The van der Waals surface area contributed by atoms with E-state index in [2.05, 4.69) is 10.4 Å². The standard InChI is InChI=1S/C25H22Cl2F2N4O4/c1-12-22-18(23(32(2)31-22)13-5-15(28)9-16(29)6-13)3-4-33(12)24(34)19-7-14(26)8-20(21(19)27)36-11-17-10-30-25(35)37-17/h5-9,12,17H,3-4,10-11H2,1-2H3,(H,30,35)/t12-,17?/m0/s1. The van der Waals surface area contributed by atoms with Crippen LogP contribution in [0.3, 0.4) is 0 Å². The van der Waals surface area contributed by atoms with Crippen LogP contribution in [0.1, 0.15) is 34.6 Å². The van der Waals surface area contributed by atoms with Crippen LogP contribution in [0, 0.1) is 11.6 Å². The summed E-state index contributed by atoms with van der Waals surface area (Å²) in [7, 11) is 1.70. The van der Waals surface area contributed by atoms with Gasteiger partial charge in [-0.25, -0.2) is 13.6 Å². The summed E-state index contributed by atoms with van der Waals surface area (Å²) in [5.41, 5.74) is 2.59. The van der Waals surface area contributed by atoms with Crippen molar-refractivity contribution in [3.8, 4) is 17.0 Å². The van der Waals surface area contributed by atoms with Crippen molar-refractivity contribution in [2.24, 2.45) is 7.05 Å². The largest absolute Gasteiger partial charge is 0.488 e. The maximum absolute atomic E-state index is 13.9. The molecule has 0 saturated carbocycles. The van der Waals surface area contributed by atoms with E-state index in [9.17, 15) is 18.4 Å². The van der Waals surface area contributed by atoms with Gasteiger partial charge in [0.15, 0.2) is 6.10 Å². The molecule has 2 aromatic carbocycles. The first-order valence-corrected chi connectivity index (χ1v) is 12.3. The molecule has 0 spiro atoms. The van der Waals surface area contributed by atoms with Crippen LogP contribution in [-0.4, -0.2) is 52.5 Å². The van der Waals surface area contributed by atoms with Crippen molar-refractivity contribution in [2.45, 2.75) is 25.5 Å². The lowest BCUT2D eigenvalue weighted by Crippen LogP contribution is -2.39. The molecule has 5 rings (SSSR count). The molecule has 0 radical (unpaired) electrons. The average Bonchev–Trinajstić information content (AvgIpc) is 3.41. The number of carbonyl (C=O) groups excluding carboxylic acids is 2. The molecule has 3 aromatic rings. The molecular formula is C25H22Cl2F2N4O4. The molecule has 0 aliphatic carbocycles. The quantitative estimate of drug-likeness (QED) is 0.487. The minimum atomic E-state index is -0.679. The first-order chi connectivity index (χ1) is 17.6. The van der Waals surface area contributed by atoms with E-state index in [1.54, 1.807) is 16.6 Å². The lowest BCUT2D eigenvalue weighted by atomic mass is 9.95. The van der Waals surface area contributed by atoms with Crippen LogP contribution in [0.5, 0.6) is 5.75 Å². The molecule has 1 fully saturated rings. The van der Waals surface area contributed by atoms with Crippen molar-refractivity contribution in [1.82, 2.24) is 20.0 Å². The van der Waals surface area contributed by atoms with Gasteiger partial charge in [0.05, 0.1) is 34.6 Å². The minimum absolute atomic E-state index is 0.0350. The number of hydrogen-bond donors (Lipinski definition) is 1. The SMILES string of the molecule is C[C@H]1c2nn(C)c(-c3cc(F)cc(F)c3)c2CCN1C(=O)c1cc(Cl)cc(OCC2CNC(=O)O2)c1Cl. The highest BCUT2D eigenvalue weighted by molar-refractivity contribution is 6.37. The first kappa shape index (κ1) is 25.3. The summed E-state index contributed by atoms with van der Waals surface area (Å²) < 4.78 is 40.1. The van der Waals surface area contributed by atoms with E-state index in [1.165, 1.54) is 24.3 Å². The third-order valence-corrected chi connectivity index (χ3v) is 7.05. The predicted octanol–water partition coefficient (Wildman–Crippen LogP) is 4.92. The normalized spacial score (nSPS) is 18.9. The van der Waals surface area contributed by atoms with E-state index in [-0.39, 0.29) is 33.9 Å². The van der Waals surface area contributed by atoms with Gasteiger partial charge in [0.1, 0.15) is 24.0 Å². The number of aryl methyl sites for hydroxylation is 1. The third kappa shape index (κ3) is 4.83. The van der Waals surface area contributed by atoms with E-state index in [1.807, 2.05) is 6.92 Å². The number of benzene rings is 2. The second-order valence-corrected chi connectivity index (χ2v) is 9.72. The summed E-state index contributed by atoms with van der Waals surface area (Å²) in [4.78, 5) is 26.5. The smallest absolute Gasteiger partial charge is 0.407 e. The fraction of sp³-hybridized carbons (Fsp3) is 0.320. The Kier molecular flexibility index (Phi) is 6.72. The van der Waals surface area contributed by atoms with Crippen molar-refractivity contribution < 1.29 is 27.8 Å². The molecule has 2 aliphatic rings. The maximum atomic E-state index is 13.9. The monoisotopic (exact) mass is 550 g/mol. The molecule has 1 N–H and O–H groups in total. The number of amides is 2. The van der Waals surface area contributed by atoms with Crippen LogP contribution < -0.4 is 10.1 Å². The lowest BCUT2D eigenvalue weighted by molar-refractivity contribution is 0.0673. The van der Waals surface area contributed by atoms with Gasteiger partial charge in [-0.15, -0.1) is 0 Å². The van der Waals surface area contributed by atoms with Crippen molar-refractivity contribution in [3.05, 3.63) is 68.8 Å². The molecule has 0 bridgehead atoms. The second kappa shape index (κ2) is 9.83. The average molecular weight is 551 g/mol. The molecule has 1 unspecified atom stereocenters. The summed E-state index contributed by atoms with van der Waals surface area (Å²) in [6.45, 7) is 2.49. The summed E-state index contributed by atoms with van der Waals surface area (Å²) in [5, 5.41) is 7.45. The summed E-state index contributed by atoms with van der Waals surface area (Å²) >= 11 is 12.8. The van der Waals surface area contributed by atoms with E-state index < -0.39 is 29.9 Å². The van der Waals surface area contributed by atoms with E-state index >= 15 is 0 Å². The van der Waals surface area contributed by atoms with E-state index in [4.69, 9.17) is 32.7 Å². The zero-order chi connectivity index (χ0) is 26.4. The molecule has 8 nitrogen and oxygen atoms in total. The Morgan fingerprint density at radius 1 is 1.22 bits per heavy atom. The number of rotatable bonds is 5. The number of nitrogens with one attached hydrogen (secondary N) is 1. The van der Waals surface area contributed by atoms with Crippen molar-refractivity contribution in [3.63, 3.8) is 0 Å². The Hall–Kier alpha value is -3.37. The molecular weight excluding hydrogens is 529 g/mol. The van der Waals surface area contributed by atoms with Gasteiger partial charge in [-0.05, 0) is 31.5 Å². The summed E-state index contributed by atoms with van der Waals surface area (Å²) in [6.07, 6.45) is -0.596. The fourth-order valence-electron chi connectivity index (χ4n) is 4.76. The van der Waals surface area contributed by atoms with Crippen molar-refractivity contribution in [1.29, 1.82) is 0 Å². The van der Waals surface area contributed by atoms with Crippen LogP contribution in [-0.2, 0) is 18.2 Å². The van der Waals surface area contributed by atoms with Crippen molar-refractivity contribution >= 4 is 35.2 Å². The van der Waals surface area contributed by atoms with E-state index in [0.29, 0.717) is 36.5 Å². The number of alkyl carbamates (subject to hydrolysis) is 1. The zero-order valence-electron chi connectivity index (χ0n) is 19.9. The Bertz CT molecular complexity index is 1390. The summed E-state index contributed by atoms with van der Waals surface area (Å²) in [5.74, 6) is -1.53. The molecule has 2 amide bonds. The predicted molar refractivity (Wildman–Crippen MR) is 132 cm³/mol. The Balaban J connectivity index is 1.41. The fourth-order valence-corrected chi connectivity index (χ4v) is 5.21. The van der Waals surface area contributed by atoms with Gasteiger partial charge in [-0.1, -0.05) is 23.2 Å². The topological polar surface area (TPSA) is 85.7 Å². The Labute approximate surface area is 221 Å². The van der Waals surface area contributed by atoms with Gasteiger partial charge in [0, 0.05) is 41.9 Å². The third-order valence-electron chi connectivity index (χ3n) is 6.45. The highest BCUT2D eigenvalue weighted by atomic mass is 35.5. The Morgan fingerprint density at radius 3 is 2.62 bits per heavy atom. The zero-order valence-corrected chi connectivity index (χ0v) is 21.4. The molecule has 1 aromatic heterocycles. The first-order valence-electron chi connectivity index (χ1n) is 11.5. The second-order valence-electron chi connectivity index (χ2n) is 8.90. The number of ether oxygens (including phenoxy) is 2. The molecule has 12 heteroatoms. The number of fused-ring (bicyclic) bond motifs is 1. The highest BCUT2D eigenvalue weighted by Gasteiger charge is 2.35. The van der Waals surface area contributed by atoms with Crippen molar-refractivity contribution in [2.75, 3.05) is 19.7 Å². The molecule has 2 aliphatic heterocycles. The summed E-state index contributed by atoms with van der Waals surface area (Å²) in [6, 6.07) is 5.86. The maximum Gasteiger partial charge on any atom is 0.407 e. The van der Waals surface area contributed by atoms with Gasteiger partial charge in [-0.2, -0.15) is 5.10 Å². The van der Waals surface area contributed by atoms with Crippen LogP contribution >= 0.6 is 23.2 Å². The van der Waals surface area contributed by atoms with Crippen LogP contribution in [0.2, 0.25) is 10.0 Å². The number of carbonyl (C=O) groups is 2. The number of cyclic esters (lactones) is 1. The van der Waals surface area contributed by atoms with Gasteiger partial charge in [0.25, 0.3) is 5.91 Å². The number of halogens is 4.